The molecule has 1 fully saturated rings. The fourth-order valence-electron chi connectivity index (χ4n) is 2.93. The number of nitrogens with one attached hydrogen (secondary N) is 1. The number of hydrogen-bond donors (Lipinski definition) is 2. The van der Waals surface area contributed by atoms with Crippen LogP contribution < -0.4 is 11.1 Å². The zero-order valence-corrected chi connectivity index (χ0v) is 13.6. The number of furan rings is 1. The summed E-state index contributed by atoms with van der Waals surface area (Å²) >= 11 is 0. The molecule has 0 spiro atoms. The van der Waals surface area contributed by atoms with Gasteiger partial charge in [0.2, 0.25) is 5.91 Å². The van der Waals surface area contributed by atoms with Crippen LogP contribution in [0.3, 0.4) is 0 Å². The first-order valence-corrected chi connectivity index (χ1v) is 7.68. The molecule has 1 unspecified atom stereocenters. The van der Waals surface area contributed by atoms with Crippen LogP contribution in [-0.2, 0) is 4.79 Å². The topological polar surface area (TPSA) is 68.3 Å². The van der Waals surface area contributed by atoms with E-state index in [9.17, 15) is 4.79 Å². The molecule has 1 aromatic carbocycles. The zero-order chi connectivity index (χ0) is 14.8. The van der Waals surface area contributed by atoms with Crippen LogP contribution in [0.5, 0.6) is 0 Å². The Labute approximate surface area is 136 Å². The van der Waals surface area contributed by atoms with Crippen molar-refractivity contribution < 1.29 is 9.21 Å². The Morgan fingerprint density at radius 2 is 1.95 bits per heavy atom. The van der Waals surface area contributed by atoms with Crippen LogP contribution in [0.1, 0.15) is 44.3 Å². The van der Waals surface area contributed by atoms with E-state index >= 15 is 0 Å². The number of benzene rings is 1. The van der Waals surface area contributed by atoms with Gasteiger partial charge in [0.25, 0.3) is 0 Å². The minimum absolute atomic E-state index is 0. The highest BCUT2D eigenvalue weighted by Gasteiger charge is 2.24. The van der Waals surface area contributed by atoms with Gasteiger partial charge in [-0.2, -0.15) is 0 Å². The maximum absolute atomic E-state index is 12.4. The molecule has 0 bridgehead atoms. The number of halogens is 1. The molecule has 3 rings (SSSR count). The summed E-state index contributed by atoms with van der Waals surface area (Å²) in [6, 6.07) is 10.3. The molecule has 0 aliphatic heterocycles. The van der Waals surface area contributed by atoms with Gasteiger partial charge in [-0.25, -0.2) is 0 Å². The van der Waals surface area contributed by atoms with Gasteiger partial charge < -0.3 is 15.5 Å². The van der Waals surface area contributed by atoms with Crippen molar-refractivity contribution in [1.82, 2.24) is 5.32 Å². The third-order valence-electron chi connectivity index (χ3n) is 4.38. The van der Waals surface area contributed by atoms with Crippen LogP contribution in [0.25, 0.3) is 11.0 Å². The summed E-state index contributed by atoms with van der Waals surface area (Å²) in [4.78, 5) is 12.4. The summed E-state index contributed by atoms with van der Waals surface area (Å²) in [6.07, 6.45) is 3.92. The maximum atomic E-state index is 12.4. The second-order valence-electron chi connectivity index (χ2n) is 6.03. The average Bonchev–Trinajstić information content (AvgIpc) is 2.92. The molecule has 1 atom stereocenters. The van der Waals surface area contributed by atoms with Crippen molar-refractivity contribution in [2.75, 3.05) is 0 Å². The predicted octanol–water partition coefficient (Wildman–Crippen LogP) is 3.34. The van der Waals surface area contributed by atoms with Crippen molar-refractivity contribution >= 4 is 29.3 Å². The van der Waals surface area contributed by atoms with Crippen molar-refractivity contribution in [1.29, 1.82) is 0 Å². The van der Waals surface area contributed by atoms with Crippen molar-refractivity contribution in [3.8, 4) is 0 Å². The van der Waals surface area contributed by atoms with Crippen molar-refractivity contribution in [3.63, 3.8) is 0 Å². The van der Waals surface area contributed by atoms with Gasteiger partial charge in [-0.15, -0.1) is 12.4 Å². The van der Waals surface area contributed by atoms with E-state index in [4.69, 9.17) is 10.2 Å². The number of hydrogen-bond acceptors (Lipinski definition) is 3. The van der Waals surface area contributed by atoms with Gasteiger partial charge in [-0.05, 0) is 44.7 Å². The van der Waals surface area contributed by atoms with E-state index in [-0.39, 0.29) is 30.3 Å². The molecule has 2 aromatic rings. The number of nitrogens with two attached hydrogens (primary N) is 1. The largest absolute Gasteiger partial charge is 0.460 e. The Balaban J connectivity index is 0.00000176. The average molecular weight is 323 g/mol. The van der Waals surface area contributed by atoms with Gasteiger partial charge in [0, 0.05) is 17.5 Å². The lowest BCUT2D eigenvalue weighted by atomic mass is 9.91. The first-order valence-electron chi connectivity index (χ1n) is 7.68. The Hall–Kier alpha value is -1.52. The highest BCUT2D eigenvalue weighted by Crippen LogP contribution is 2.26. The Morgan fingerprint density at radius 1 is 1.27 bits per heavy atom. The van der Waals surface area contributed by atoms with Crippen LogP contribution in [-0.4, -0.2) is 18.0 Å². The quantitative estimate of drug-likeness (QED) is 0.910. The molecular weight excluding hydrogens is 300 g/mol. The first-order chi connectivity index (χ1) is 10.1. The van der Waals surface area contributed by atoms with E-state index in [0.29, 0.717) is 6.04 Å². The third-order valence-corrected chi connectivity index (χ3v) is 4.38. The van der Waals surface area contributed by atoms with Gasteiger partial charge in [0.15, 0.2) is 0 Å². The van der Waals surface area contributed by atoms with Crippen LogP contribution in [0, 0.1) is 0 Å². The van der Waals surface area contributed by atoms with Crippen LogP contribution >= 0.6 is 12.4 Å². The van der Waals surface area contributed by atoms with Crippen molar-refractivity contribution in [3.05, 3.63) is 36.1 Å². The lowest BCUT2D eigenvalue weighted by Gasteiger charge is -2.27. The summed E-state index contributed by atoms with van der Waals surface area (Å²) in [5, 5.41) is 4.17. The van der Waals surface area contributed by atoms with E-state index < -0.39 is 0 Å². The molecule has 1 amide bonds. The van der Waals surface area contributed by atoms with Gasteiger partial charge >= 0.3 is 0 Å². The standard InChI is InChI=1S/C17H22N2O2.ClH/c1-11(16-10-12-4-2-3-5-15(12)21-16)17(20)19-14-8-6-13(18)7-9-14;/h2-5,10-11,13-14H,6-9,18H2,1H3,(H,19,20);1H. The van der Waals surface area contributed by atoms with E-state index in [2.05, 4.69) is 5.32 Å². The lowest BCUT2D eigenvalue weighted by Crippen LogP contribution is -2.41. The number of para-hydroxylation sites is 1. The number of amides is 1. The summed E-state index contributed by atoms with van der Waals surface area (Å²) in [7, 11) is 0. The molecule has 3 N–H and O–H groups in total. The number of carbonyl (C=O) groups is 1. The molecule has 22 heavy (non-hydrogen) atoms. The molecule has 120 valence electrons. The van der Waals surface area contributed by atoms with Gasteiger partial charge in [-0.1, -0.05) is 18.2 Å². The zero-order valence-electron chi connectivity index (χ0n) is 12.7. The predicted molar refractivity (Wildman–Crippen MR) is 90.3 cm³/mol. The third kappa shape index (κ3) is 3.62. The molecule has 0 saturated heterocycles. The summed E-state index contributed by atoms with van der Waals surface area (Å²) in [5.74, 6) is 0.490. The van der Waals surface area contributed by atoms with E-state index in [0.717, 1.165) is 42.4 Å². The van der Waals surface area contributed by atoms with Crippen LogP contribution in [0.2, 0.25) is 0 Å². The summed E-state index contributed by atoms with van der Waals surface area (Å²) < 4.78 is 5.78. The highest BCUT2D eigenvalue weighted by molar-refractivity contribution is 5.86. The molecule has 1 aliphatic rings. The molecule has 1 aromatic heterocycles. The fourth-order valence-corrected chi connectivity index (χ4v) is 2.93. The smallest absolute Gasteiger partial charge is 0.230 e. The molecule has 5 heteroatoms. The minimum Gasteiger partial charge on any atom is -0.460 e. The molecule has 1 heterocycles. The Kier molecular flexibility index (Phi) is 5.48. The number of fused-ring (bicyclic) bond motifs is 1. The van der Waals surface area contributed by atoms with E-state index in [1.165, 1.54) is 0 Å². The molecule has 1 aliphatic carbocycles. The van der Waals surface area contributed by atoms with Crippen molar-refractivity contribution in [2.45, 2.75) is 50.6 Å². The van der Waals surface area contributed by atoms with Crippen LogP contribution in [0.15, 0.2) is 34.7 Å². The summed E-state index contributed by atoms with van der Waals surface area (Å²) in [6.45, 7) is 1.89. The Bertz CT molecular complexity index is 599. The Morgan fingerprint density at radius 3 is 2.64 bits per heavy atom. The molecule has 1 saturated carbocycles. The van der Waals surface area contributed by atoms with E-state index in [1.807, 2.05) is 37.3 Å². The van der Waals surface area contributed by atoms with Gasteiger partial charge in [0.05, 0.1) is 5.92 Å². The highest BCUT2D eigenvalue weighted by atomic mass is 35.5. The van der Waals surface area contributed by atoms with E-state index in [1.54, 1.807) is 0 Å². The van der Waals surface area contributed by atoms with Crippen LogP contribution in [0.4, 0.5) is 0 Å². The first kappa shape index (κ1) is 16.8. The molecule has 0 radical (unpaired) electrons. The minimum atomic E-state index is -0.270. The second kappa shape index (κ2) is 7.16. The van der Waals surface area contributed by atoms with Gasteiger partial charge in [-0.3, -0.25) is 4.79 Å². The van der Waals surface area contributed by atoms with Gasteiger partial charge in [0.1, 0.15) is 11.3 Å². The summed E-state index contributed by atoms with van der Waals surface area (Å²) in [5.41, 5.74) is 6.72. The normalized spacial score (nSPS) is 22.8. The second-order valence-corrected chi connectivity index (χ2v) is 6.03. The SMILES string of the molecule is CC(C(=O)NC1CCC(N)CC1)c1cc2ccccc2o1.Cl. The fraction of sp³-hybridized carbons (Fsp3) is 0.471. The van der Waals surface area contributed by atoms with Crippen molar-refractivity contribution in [2.24, 2.45) is 5.73 Å². The lowest BCUT2D eigenvalue weighted by molar-refractivity contribution is -0.123. The number of carbonyl (C=O) groups excluding carboxylic acids is 1. The molecular formula is C17H23ClN2O2. The maximum Gasteiger partial charge on any atom is 0.230 e. The molecule has 4 nitrogen and oxygen atoms in total. The monoisotopic (exact) mass is 322 g/mol. The number of rotatable bonds is 3.